The molecule has 1 unspecified atom stereocenters. The molecule has 1 saturated carbocycles. The molecule has 3 heteroatoms. The Morgan fingerprint density at radius 2 is 2.07 bits per heavy atom. The summed E-state index contributed by atoms with van der Waals surface area (Å²) in [5.74, 6) is 0.320. The van der Waals surface area contributed by atoms with Crippen LogP contribution in [0.15, 0.2) is 0 Å². The van der Waals surface area contributed by atoms with Gasteiger partial charge >= 0.3 is 0 Å². The molecular formula is C12H22N2O. The predicted molar refractivity (Wildman–Crippen MR) is 60.4 cm³/mol. The first-order chi connectivity index (χ1) is 7.33. The van der Waals surface area contributed by atoms with Gasteiger partial charge in [-0.05, 0) is 19.3 Å². The first-order valence-corrected chi connectivity index (χ1v) is 6.37. The predicted octanol–water partition coefficient (Wildman–Crippen LogP) is 1.88. The van der Waals surface area contributed by atoms with E-state index < -0.39 is 0 Å². The van der Waals surface area contributed by atoms with Gasteiger partial charge in [0.1, 0.15) is 0 Å². The standard InChI is InChI=1S/C12H22N2O/c1-2-6-11-13-9-12(15)14(11)10-7-4-3-5-8-10/h10-11,13H,2-9H2,1H3. The van der Waals surface area contributed by atoms with Gasteiger partial charge in [-0.1, -0.05) is 32.6 Å². The zero-order chi connectivity index (χ0) is 10.7. The summed E-state index contributed by atoms with van der Waals surface area (Å²) in [6, 6.07) is 0.526. The molecule has 86 valence electrons. The van der Waals surface area contributed by atoms with Crippen molar-refractivity contribution in [2.45, 2.75) is 64.1 Å². The minimum atomic E-state index is 0.320. The quantitative estimate of drug-likeness (QED) is 0.771. The summed E-state index contributed by atoms with van der Waals surface area (Å²) in [5.41, 5.74) is 0. The van der Waals surface area contributed by atoms with Gasteiger partial charge in [0.25, 0.3) is 0 Å². The Morgan fingerprint density at radius 1 is 1.33 bits per heavy atom. The molecule has 1 amide bonds. The highest BCUT2D eigenvalue weighted by atomic mass is 16.2. The average molecular weight is 210 g/mol. The molecule has 0 bridgehead atoms. The lowest BCUT2D eigenvalue weighted by Gasteiger charge is -2.35. The Hall–Kier alpha value is -0.570. The van der Waals surface area contributed by atoms with Gasteiger partial charge < -0.3 is 4.90 Å². The molecule has 2 aliphatic rings. The van der Waals surface area contributed by atoms with Crippen molar-refractivity contribution in [1.82, 2.24) is 10.2 Å². The van der Waals surface area contributed by atoms with E-state index in [2.05, 4.69) is 17.1 Å². The molecule has 15 heavy (non-hydrogen) atoms. The van der Waals surface area contributed by atoms with Gasteiger partial charge in [0.2, 0.25) is 5.91 Å². The second kappa shape index (κ2) is 4.97. The van der Waals surface area contributed by atoms with Gasteiger partial charge in [-0.2, -0.15) is 0 Å². The number of nitrogens with one attached hydrogen (secondary N) is 1. The minimum absolute atomic E-state index is 0.320. The Kier molecular flexibility index (Phi) is 3.62. The lowest BCUT2D eigenvalue weighted by molar-refractivity contribution is -0.131. The molecule has 0 aromatic carbocycles. The third kappa shape index (κ3) is 2.33. The summed E-state index contributed by atoms with van der Waals surface area (Å²) in [6.07, 6.45) is 8.95. The largest absolute Gasteiger partial charge is 0.323 e. The van der Waals surface area contributed by atoms with Gasteiger partial charge in [-0.25, -0.2) is 0 Å². The summed E-state index contributed by atoms with van der Waals surface area (Å²) in [6.45, 7) is 2.74. The molecule has 1 aliphatic carbocycles. The Bertz CT molecular complexity index is 224. The minimum Gasteiger partial charge on any atom is -0.323 e. The first-order valence-electron chi connectivity index (χ1n) is 6.37. The summed E-state index contributed by atoms with van der Waals surface area (Å²) in [5, 5.41) is 3.33. The highest BCUT2D eigenvalue weighted by Gasteiger charge is 2.35. The number of rotatable bonds is 3. The molecule has 2 fully saturated rings. The van der Waals surface area contributed by atoms with E-state index >= 15 is 0 Å². The number of nitrogens with zero attached hydrogens (tertiary/aromatic N) is 1. The van der Waals surface area contributed by atoms with Gasteiger partial charge in [0.15, 0.2) is 0 Å². The zero-order valence-corrected chi connectivity index (χ0v) is 9.67. The summed E-state index contributed by atoms with van der Waals surface area (Å²) >= 11 is 0. The van der Waals surface area contributed by atoms with Gasteiger partial charge in [0, 0.05) is 6.04 Å². The van der Waals surface area contributed by atoms with Crippen LogP contribution >= 0.6 is 0 Å². The van der Waals surface area contributed by atoms with Crippen molar-refractivity contribution < 1.29 is 4.79 Å². The van der Waals surface area contributed by atoms with Crippen LogP contribution in [0, 0.1) is 0 Å². The fourth-order valence-corrected chi connectivity index (χ4v) is 2.90. The van der Waals surface area contributed by atoms with Gasteiger partial charge in [0.05, 0.1) is 12.7 Å². The number of amides is 1. The van der Waals surface area contributed by atoms with E-state index in [1.165, 1.54) is 32.1 Å². The van der Waals surface area contributed by atoms with Crippen molar-refractivity contribution >= 4 is 5.91 Å². The van der Waals surface area contributed by atoms with Crippen LogP contribution in [-0.4, -0.2) is 29.6 Å². The van der Waals surface area contributed by atoms with Crippen molar-refractivity contribution in [1.29, 1.82) is 0 Å². The maximum Gasteiger partial charge on any atom is 0.238 e. The fraction of sp³-hybridized carbons (Fsp3) is 0.917. The maximum absolute atomic E-state index is 11.8. The van der Waals surface area contributed by atoms with Crippen molar-refractivity contribution in [3.05, 3.63) is 0 Å². The number of hydrogen-bond donors (Lipinski definition) is 1. The van der Waals surface area contributed by atoms with E-state index in [-0.39, 0.29) is 0 Å². The Balaban J connectivity index is 1.99. The third-order valence-corrected chi connectivity index (χ3v) is 3.64. The van der Waals surface area contributed by atoms with E-state index in [1.807, 2.05) is 0 Å². The molecule has 1 saturated heterocycles. The van der Waals surface area contributed by atoms with E-state index in [9.17, 15) is 4.79 Å². The van der Waals surface area contributed by atoms with Crippen LogP contribution in [0.3, 0.4) is 0 Å². The Labute approximate surface area is 92.2 Å². The molecule has 0 aromatic rings. The van der Waals surface area contributed by atoms with Crippen LogP contribution in [0.1, 0.15) is 51.9 Å². The zero-order valence-electron chi connectivity index (χ0n) is 9.67. The maximum atomic E-state index is 11.8. The molecule has 0 spiro atoms. The highest BCUT2D eigenvalue weighted by Crippen LogP contribution is 2.26. The van der Waals surface area contributed by atoms with Crippen LogP contribution in [0.4, 0.5) is 0 Å². The molecule has 3 nitrogen and oxygen atoms in total. The normalized spacial score (nSPS) is 28.7. The lowest BCUT2D eigenvalue weighted by Crippen LogP contribution is -2.45. The molecule has 1 aliphatic heterocycles. The third-order valence-electron chi connectivity index (χ3n) is 3.64. The van der Waals surface area contributed by atoms with E-state index in [4.69, 9.17) is 0 Å². The number of carbonyl (C=O) groups is 1. The van der Waals surface area contributed by atoms with Gasteiger partial charge in [-0.15, -0.1) is 0 Å². The summed E-state index contributed by atoms with van der Waals surface area (Å²) in [7, 11) is 0. The van der Waals surface area contributed by atoms with Gasteiger partial charge in [-0.3, -0.25) is 10.1 Å². The van der Waals surface area contributed by atoms with Crippen LogP contribution in [-0.2, 0) is 4.79 Å². The molecule has 1 atom stereocenters. The van der Waals surface area contributed by atoms with E-state index in [0.29, 0.717) is 24.7 Å². The smallest absolute Gasteiger partial charge is 0.238 e. The summed E-state index contributed by atoms with van der Waals surface area (Å²) in [4.78, 5) is 14.0. The average Bonchev–Trinajstić information content (AvgIpc) is 2.62. The Morgan fingerprint density at radius 3 is 2.73 bits per heavy atom. The lowest BCUT2D eigenvalue weighted by atomic mass is 9.94. The second-order valence-electron chi connectivity index (χ2n) is 4.78. The van der Waals surface area contributed by atoms with Crippen molar-refractivity contribution in [2.75, 3.05) is 6.54 Å². The molecule has 1 N–H and O–H groups in total. The second-order valence-corrected chi connectivity index (χ2v) is 4.78. The first kappa shape index (κ1) is 10.9. The SMILES string of the molecule is CCCC1NCC(=O)N1C1CCCCC1. The molecule has 0 aromatic heterocycles. The highest BCUT2D eigenvalue weighted by molar-refractivity contribution is 5.81. The van der Waals surface area contributed by atoms with Crippen LogP contribution in [0.5, 0.6) is 0 Å². The molecule has 0 radical (unpaired) electrons. The fourth-order valence-electron chi connectivity index (χ4n) is 2.90. The van der Waals surface area contributed by atoms with Crippen molar-refractivity contribution in [3.63, 3.8) is 0 Å². The number of hydrogen-bond acceptors (Lipinski definition) is 2. The topological polar surface area (TPSA) is 32.3 Å². The molecule has 1 heterocycles. The number of carbonyl (C=O) groups excluding carboxylic acids is 1. The van der Waals surface area contributed by atoms with Crippen LogP contribution in [0.2, 0.25) is 0 Å². The monoisotopic (exact) mass is 210 g/mol. The van der Waals surface area contributed by atoms with Crippen molar-refractivity contribution in [3.8, 4) is 0 Å². The van der Waals surface area contributed by atoms with Crippen molar-refractivity contribution in [2.24, 2.45) is 0 Å². The van der Waals surface area contributed by atoms with E-state index in [0.717, 1.165) is 12.8 Å². The molecule has 2 rings (SSSR count). The molecular weight excluding hydrogens is 188 g/mol. The summed E-state index contributed by atoms with van der Waals surface area (Å²) < 4.78 is 0. The van der Waals surface area contributed by atoms with E-state index in [1.54, 1.807) is 0 Å². The van der Waals surface area contributed by atoms with Crippen LogP contribution in [0.25, 0.3) is 0 Å². The van der Waals surface area contributed by atoms with Crippen LogP contribution < -0.4 is 5.32 Å².